The van der Waals surface area contributed by atoms with Gasteiger partial charge >= 0.3 is 0 Å². The van der Waals surface area contributed by atoms with E-state index in [-0.39, 0.29) is 53.1 Å². The summed E-state index contributed by atoms with van der Waals surface area (Å²) < 4.78 is 24.8. The molecular formula is C26H24Cl2FN3O5. The Balaban J connectivity index is 1.02. The van der Waals surface area contributed by atoms with Crippen LogP contribution in [-0.4, -0.2) is 48.1 Å². The predicted octanol–water partition coefficient (Wildman–Crippen LogP) is 3.62. The number of benzene rings is 2. The van der Waals surface area contributed by atoms with Crippen LogP contribution in [0.5, 0.6) is 11.5 Å². The summed E-state index contributed by atoms with van der Waals surface area (Å²) in [5.41, 5.74) is -0.201. The topological polar surface area (TPSA) is 97.0 Å². The molecule has 11 heteroatoms. The van der Waals surface area contributed by atoms with Gasteiger partial charge in [0.2, 0.25) is 5.91 Å². The highest BCUT2D eigenvalue weighted by molar-refractivity contribution is 6.31. The molecule has 1 unspecified atom stereocenters. The van der Waals surface area contributed by atoms with Crippen molar-refractivity contribution in [3.05, 3.63) is 52.3 Å². The van der Waals surface area contributed by atoms with Crippen molar-refractivity contribution in [2.75, 3.05) is 18.1 Å². The quantitative estimate of drug-likeness (QED) is 0.551. The lowest BCUT2D eigenvalue weighted by Gasteiger charge is -2.70. The van der Waals surface area contributed by atoms with Crippen LogP contribution in [0.3, 0.4) is 0 Å². The average molecular weight is 548 g/mol. The SMILES string of the molecule is O=C(COc1ccc(Cl)c(F)c1)NC12CC(NC(=O)C3CN(C(=O)C4CC4)c4cc(Cl)ccc4O3)(C1)C2. The van der Waals surface area contributed by atoms with Gasteiger partial charge in [0.25, 0.3) is 11.8 Å². The van der Waals surface area contributed by atoms with Crippen LogP contribution in [0.4, 0.5) is 10.1 Å². The molecule has 4 saturated carbocycles. The number of ether oxygens (including phenoxy) is 2. The zero-order valence-electron chi connectivity index (χ0n) is 19.7. The number of anilines is 1. The van der Waals surface area contributed by atoms with Crippen LogP contribution in [0.15, 0.2) is 36.4 Å². The minimum Gasteiger partial charge on any atom is -0.484 e. The van der Waals surface area contributed by atoms with E-state index in [0.29, 0.717) is 35.7 Å². The Hall–Kier alpha value is -3.04. The molecule has 2 N–H and O–H groups in total. The molecule has 7 rings (SSSR count). The van der Waals surface area contributed by atoms with E-state index in [4.69, 9.17) is 32.7 Å². The van der Waals surface area contributed by atoms with E-state index in [0.717, 1.165) is 18.9 Å². The molecule has 2 aromatic carbocycles. The van der Waals surface area contributed by atoms with Crippen molar-refractivity contribution in [1.82, 2.24) is 10.6 Å². The summed E-state index contributed by atoms with van der Waals surface area (Å²) in [4.78, 5) is 40.0. The van der Waals surface area contributed by atoms with Gasteiger partial charge in [-0.3, -0.25) is 14.4 Å². The van der Waals surface area contributed by atoms with Crippen LogP contribution in [0.1, 0.15) is 32.1 Å². The summed E-state index contributed by atoms with van der Waals surface area (Å²) >= 11 is 11.8. The van der Waals surface area contributed by atoms with Gasteiger partial charge in [-0.2, -0.15) is 0 Å². The highest BCUT2D eigenvalue weighted by Crippen LogP contribution is 2.60. The average Bonchev–Trinajstić information content (AvgIpc) is 3.67. The lowest BCUT2D eigenvalue weighted by molar-refractivity contribution is -0.153. The molecule has 37 heavy (non-hydrogen) atoms. The van der Waals surface area contributed by atoms with Crippen LogP contribution in [0, 0.1) is 11.7 Å². The van der Waals surface area contributed by atoms with Crippen molar-refractivity contribution >= 4 is 46.6 Å². The summed E-state index contributed by atoms with van der Waals surface area (Å²) in [6, 6.07) is 9.01. The van der Waals surface area contributed by atoms with Crippen molar-refractivity contribution in [2.45, 2.75) is 49.3 Å². The minimum absolute atomic E-state index is 0.0136. The number of hydrogen-bond acceptors (Lipinski definition) is 5. The van der Waals surface area contributed by atoms with Crippen LogP contribution >= 0.6 is 23.2 Å². The van der Waals surface area contributed by atoms with Gasteiger partial charge < -0.3 is 25.0 Å². The molecule has 0 radical (unpaired) electrons. The number of nitrogens with zero attached hydrogens (tertiary/aromatic N) is 1. The summed E-state index contributed by atoms with van der Waals surface area (Å²) in [5.74, 6) is -0.601. The second-order valence-corrected chi connectivity index (χ2v) is 11.3. The number of amides is 3. The number of carbonyl (C=O) groups is 3. The zero-order chi connectivity index (χ0) is 25.9. The summed E-state index contributed by atoms with van der Waals surface area (Å²) in [5, 5.41) is 6.51. The molecule has 4 fully saturated rings. The van der Waals surface area contributed by atoms with Crippen LogP contribution in [0.25, 0.3) is 0 Å². The normalized spacial score (nSPS) is 27.1. The molecule has 2 bridgehead atoms. The number of carbonyl (C=O) groups excluding carboxylic acids is 3. The van der Waals surface area contributed by atoms with Gasteiger partial charge in [0.15, 0.2) is 12.7 Å². The minimum atomic E-state index is -0.843. The highest BCUT2D eigenvalue weighted by atomic mass is 35.5. The molecule has 1 aliphatic heterocycles. The predicted molar refractivity (Wildman–Crippen MR) is 133 cm³/mol. The zero-order valence-corrected chi connectivity index (χ0v) is 21.2. The van der Waals surface area contributed by atoms with E-state index in [1.54, 1.807) is 23.1 Å². The second kappa shape index (κ2) is 8.77. The Labute approximate surface area is 222 Å². The number of fused-ring (bicyclic) bond motifs is 1. The molecular weight excluding hydrogens is 524 g/mol. The molecule has 8 nitrogen and oxygen atoms in total. The van der Waals surface area contributed by atoms with Crippen LogP contribution in [0.2, 0.25) is 10.0 Å². The number of halogens is 3. The van der Waals surface area contributed by atoms with E-state index >= 15 is 0 Å². The third-order valence-corrected chi connectivity index (χ3v) is 7.94. The summed E-state index contributed by atoms with van der Waals surface area (Å²) in [7, 11) is 0. The largest absolute Gasteiger partial charge is 0.484 e. The Kier molecular flexibility index (Phi) is 5.76. The molecule has 4 aliphatic carbocycles. The van der Waals surface area contributed by atoms with Crippen molar-refractivity contribution in [3.8, 4) is 11.5 Å². The molecule has 0 saturated heterocycles. The van der Waals surface area contributed by atoms with E-state index in [2.05, 4.69) is 10.6 Å². The van der Waals surface area contributed by atoms with Crippen LogP contribution < -0.4 is 25.0 Å². The maximum Gasteiger partial charge on any atom is 0.263 e. The van der Waals surface area contributed by atoms with Gasteiger partial charge in [-0.15, -0.1) is 0 Å². The summed E-state index contributed by atoms with van der Waals surface area (Å²) in [6.07, 6.45) is 2.64. The first-order valence-corrected chi connectivity index (χ1v) is 12.9. The van der Waals surface area contributed by atoms with Gasteiger partial charge in [0.1, 0.15) is 17.3 Å². The fourth-order valence-electron chi connectivity index (χ4n) is 5.59. The first-order chi connectivity index (χ1) is 17.6. The Bertz CT molecular complexity index is 1300. The van der Waals surface area contributed by atoms with Crippen molar-refractivity contribution in [2.24, 2.45) is 5.92 Å². The lowest BCUT2D eigenvalue weighted by atomic mass is 9.44. The van der Waals surface area contributed by atoms with Gasteiger partial charge in [-0.05, 0) is 62.4 Å². The van der Waals surface area contributed by atoms with Gasteiger partial charge in [0, 0.05) is 28.1 Å². The van der Waals surface area contributed by atoms with Crippen LogP contribution in [-0.2, 0) is 14.4 Å². The number of hydrogen-bond donors (Lipinski definition) is 2. The van der Waals surface area contributed by atoms with Crippen molar-refractivity contribution < 1.29 is 28.2 Å². The fourth-order valence-corrected chi connectivity index (χ4v) is 5.88. The Morgan fingerprint density at radius 2 is 1.78 bits per heavy atom. The molecule has 0 aromatic heterocycles. The van der Waals surface area contributed by atoms with E-state index < -0.39 is 17.5 Å². The molecule has 2 aromatic rings. The Morgan fingerprint density at radius 1 is 1.05 bits per heavy atom. The number of nitrogens with one attached hydrogen (secondary N) is 2. The molecule has 0 spiro atoms. The smallest absolute Gasteiger partial charge is 0.263 e. The first kappa shape index (κ1) is 24.3. The van der Waals surface area contributed by atoms with Gasteiger partial charge in [0.05, 0.1) is 17.3 Å². The molecule has 5 aliphatic rings. The van der Waals surface area contributed by atoms with E-state index in [1.165, 1.54) is 12.1 Å². The summed E-state index contributed by atoms with van der Waals surface area (Å²) in [6.45, 7) is -0.137. The highest BCUT2D eigenvalue weighted by Gasteiger charge is 2.69. The molecule has 194 valence electrons. The van der Waals surface area contributed by atoms with Crippen molar-refractivity contribution in [1.29, 1.82) is 0 Å². The Morgan fingerprint density at radius 3 is 2.49 bits per heavy atom. The monoisotopic (exact) mass is 547 g/mol. The molecule has 1 atom stereocenters. The maximum atomic E-state index is 13.5. The molecule has 1 heterocycles. The van der Waals surface area contributed by atoms with Crippen molar-refractivity contribution in [3.63, 3.8) is 0 Å². The van der Waals surface area contributed by atoms with Gasteiger partial charge in [-0.1, -0.05) is 23.2 Å². The first-order valence-electron chi connectivity index (χ1n) is 12.1. The second-order valence-electron chi connectivity index (χ2n) is 10.4. The van der Waals surface area contributed by atoms with E-state index in [1.807, 2.05) is 0 Å². The number of rotatable bonds is 7. The fraction of sp³-hybridized carbons (Fsp3) is 0.423. The molecule has 3 amide bonds. The van der Waals surface area contributed by atoms with Gasteiger partial charge in [-0.25, -0.2) is 4.39 Å². The lowest BCUT2D eigenvalue weighted by Crippen LogP contribution is -2.84. The third kappa shape index (κ3) is 4.59. The van der Waals surface area contributed by atoms with E-state index in [9.17, 15) is 18.8 Å². The maximum absolute atomic E-state index is 13.5. The third-order valence-electron chi connectivity index (χ3n) is 7.40. The standard InChI is InChI=1S/C26H24Cl2FN3O5/c27-15-3-6-20-19(7-15)32(24(35)14-1-2-14)9-21(37-20)23(34)31-26-11-25(12-26,13-26)30-22(33)10-36-16-4-5-17(28)18(29)8-16/h3-8,14,21H,1-2,9-13H2,(H,30,33)(H,31,34).